The standard InChI is InChI=1S/C11H22N2O2/c1-9-7-12(4)8-10(2)13(9)5-6-15-11(3)14/h9-10H,5-8H2,1-4H3/t9-,10+. The van der Waals surface area contributed by atoms with Gasteiger partial charge in [0.25, 0.3) is 0 Å². The lowest BCUT2D eigenvalue weighted by molar-refractivity contribution is -0.141. The molecule has 15 heavy (non-hydrogen) atoms. The highest BCUT2D eigenvalue weighted by atomic mass is 16.5. The molecular formula is C11H22N2O2. The number of piperazine rings is 1. The number of likely N-dealkylation sites (N-methyl/N-ethyl adjacent to an activating group) is 1. The summed E-state index contributed by atoms with van der Waals surface area (Å²) in [6.07, 6.45) is 0. The summed E-state index contributed by atoms with van der Waals surface area (Å²) in [6.45, 7) is 9.43. The molecule has 4 nitrogen and oxygen atoms in total. The van der Waals surface area contributed by atoms with E-state index in [1.54, 1.807) is 0 Å². The first kappa shape index (κ1) is 12.5. The zero-order valence-electron chi connectivity index (χ0n) is 10.2. The lowest BCUT2D eigenvalue weighted by Gasteiger charge is -2.43. The Morgan fingerprint density at radius 1 is 1.33 bits per heavy atom. The average Bonchev–Trinajstić information content (AvgIpc) is 2.08. The van der Waals surface area contributed by atoms with Crippen molar-refractivity contribution in [3.05, 3.63) is 0 Å². The average molecular weight is 214 g/mol. The van der Waals surface area contributed by atoms with Crippen molar-refractivity contribution in [3.63, 3.8) is 0 Å². The highest BCUT2D eigenvalue weighted by Crippen LogP contribution is 2.13. The molecule has 0 aromatic carbocycles. The molecule has 1 saturated heterocycles. The van der Waals surface area contributed by atoms with Gasteiger partial charge in [0, 0.05) is 38.6 Å². The fourth-order valence-electron chi connectivity index (χ4n) is 2.36. The fourth-order valence-corrected chi connectivity index (χ4v) is 2.36. The maximum absolute atomic E-state index is 10.7. The first-order valence-electron chi connectivity index (χ1n) is 5.58. The Morgan fingerprint density at radius 3 is 2.33 bits per heavy atom. The second-order valence-electron chi connectivity index (χ2n) is 4.50. The van der Waals surface area contributed by atoms with E-state index in [-0.39, 0.29) is 5.97 Å². The third-order valence-corrected chi connectivity index (χ3v) is 2.94. The summed E-state index contributed by atoms with van der Waals surface area (Å²) in [5.74, 6) is -0.190. The van der Waals surface area contributed by atoms with Gasteiger partial charge in [0.1, 0.15) is 6.61 Å². The monoisotopic (exact) mass is 214 g/mol. The van der Waals surface area contributed by atoms with Gasteiger partial charge in [-0.25, -0.2) is 0 Å². The number of rotatable bonds is 3. The van der Waals surface area contributed by atoms with E-state index in [9.17, 15) is 4.79 Å². The molecule has 2 atom stereocenters. The van der Waals surface area contributed by atoms with E-state index in [0.717, 1.165) is 19.6 Å². The van der Waals surface area contributed by atoms with Gasteiger partial charge < -0.3 is 9.64 Å². The zero-order chi connectivity index (χ0) is 11.4. The summed E-state index contributed by atoms with van der Waals surface area (Å²) in [6, 6.07) is 1.07. The van der Waals surface area contributed by atoms with Crippen molar-refractivity contribution in [2.45, 2.75) is 32.9 Å². The van der Waals surface area contributed by atoms with Crippen molar-refractivity contribution < 1.29 is 9.53 Å². The number of esters is 1. The minimum Gasteiger partial charge on any atom is -0.465 e. The lowest BCUT2D eigenvalue weighted by Crippen LogP contribution is -2.56. The third kappa shape index (κ3) is 3.80. The number of hydrogen-bond donors (Lipinski definition) is 0. The summed E-state index contributed by atoms with van der Waals surface area (Å²) in [4.78, 5) is 15.4. The Labute approximate surface area is 92.2 Å². The predicted molar refractivity (Wildman–Crippen MR) is 59.8 cm³/mol. The number of ether oxygens (including phenoxy) is 1. The van der Waals surface area contributed by atoms with Gasteiger partial charge in [-0.2, -0.15) is 0 Å². The van der Waals surface area contributed by atoms with Crippen LogP contribution < -0.4 is 0 Å². The molecule has 0 radical (unpaired) electrons. The van der Waals surface area contributed by atoms with Gasteiger partial charge in [0.05, 0.1) is 0 Å². The molecule has 0 unspecified atom stereocenters. The second kappa shape index (κ2) is 5.47. The summed E-state index contributed by atoms with van der Waals surface area (Å²) < 4.78 is 4.97. The van der Waals surface area contributed by atoms with Crippen molar-refractivity contribution in [1.82, 2.24) is 9.80 Å². The van der Waals surface area contributed by atoms with Crippen molar-refractivity contribution >= 4 is 5.97 Å². The Bertz CT molecular complexity index is 209. The number of hydrogen-bond acceptors (Lipinski definition) is 4. The molecule has 0 aromatic rings. The Morgan fingerprint density at radius 2 is 1.87 bits per heavy atom. The van der Waals surface area contributed by atoms with Crippen LogP contribution in [0.25, 0.3) is 0 Å². The van der Waals surface area contributed by atoms with Gasteiger partial charge in [-0.1, -0.05) is 0 Å². The van der Waals surface area contributed by atoms with E-state index >= 15 is 0 Å². The molecule has 0 N–H and O–H groups in total. The molecule has 1 heterocycles. The molecular weight excluding hydrogens is 192 g/mol. The van der Waals surface area contributed by atoms with Gasteiger partial charge >= 0.3 is 5.97 Å². The van der Waals surface area contributed by atoms with Crippen LogP contribution >= 0.6 is 0 Å². The summed E-state index contributed by atoms with van der Waals surface area (Å²) in [5.41, 5.74) is 0. The number of carbonyl (C=O) groups excluding carboxylic acids is 1. The first-order chi connectivity index (χ1) is 7.00. The van der Waals surface area contributed by atoms with Crippen molar-refractivity contribution in [1.29, 1.82) is 0 Å². The molecule has 4 heteroatoms. The van der Waals surface area contributed by atoms with Gasteiger partial charge in [0.15, 0.2) is 0 Å². The molecule has 88 valence electrons. The minimum absolute atomic E-state index is 0.190. The molecule has 1 fully saturated rings. The molecule has 0 bridgehead atoms. The quantitative estimate of drug-likeness (QED) is 0.643. The van der Waals surface area contributed by atoms with Gasteiger partial charge in [-0.15, -0.1) is 0 Å². The van der Waals surface area contributed by atoms with Crippen molar-refractivity contribution in [3.8, 4) is 0 Å². The normalized spacial score (nSPS) is 29.1. The second-order valence-corrected chi connectivity index (χ2v) is 4.50. The molecule has 1 rings (SSSR count). The Balaban J connectivity index is 2.35. The van der Waals surface area contributed by atoms with Gasteiger partial charge in [-0.05, 0) is 20.9 Å². The Kier molecular flexibility index (Phi) is 4.54. The SMILES string of the molecule is CC(=O)OCCN1[C@H](C)CN(C)C[C@@H]1C. The van der Waals surface area contributed by atoms with E-state index in [1.165, 1.54) is 6.92 Å². The van der Waals surface area contributed by atoms with Crippen LogP contribution in [0.1, 0.15) is 20.8 Å². The molecule has 1 aliphatic rings. The largest absolute Gasteiger partial charge is 0.465 e. The predicted octanol–water partition coefficient (Wildman–Crippen LogP) is 0.574. The smallest absolute Gasteiger partial charge is 0.302 e. The van der Waals surface area contributed by atoms with Crippen molar-refractivity contribution in [2.75, 3.05) is 33.3 Å². The molecule has 0 aliphatic carbocycles. The van der Waals surface area contributed by atoms with Crippen molar-refractivity contribution in [2.24, 2.45) is 0 Å². The van der Waals surface area contributed by atoms with Crippen LogP contribution in [0.3, 0.4) is 0 Å². The highest BCUT2D eigenvalue weighted by Gasteiger charge is 2.27. The van der Waals surface area contributed by atoms with Gasteiger partial charge in [-0.3, -0.25) is 9.69 Å². The number of nitrogens with zero attached hydrogens (tertiary/aromatic N) is 2. The van der Waals surface area contributed by atoms with E-state index in [4.69, 9.17) is 4.74 Å². The maximum Gasteiger partial charge on any atom is 0.302 e. The lowest BCUT2D eigenvalue weighted by atomic mass is 10.1. The summed E-state index contributed by atoms with van der Waals surface area (Å²) in [7, 11) is 2.15. The molecule has 0 spiro atoms. The van der Waals surface area contributed by atoms with Crippen LogP contribution in [-0.2, 0) is 9.53 Å². The summed E-state index contributed by atoms with van der Waals surface area (Å²) >= 11 is 0. The van der Waals surface area contributed by atoms with Crippen LogP contribution in [0.15, 0.2) is 0 Å². The molecule has 0 amide bonds. The van der Waals surface area contributed by atoms with Crippen LogP contribution in [0.5, 0.6) is 0 Å². The maximum atomic E-state index is 10.7. The van der Waals surface area contributed by atoms with Crippen LogP contribution in [0.2, 0.25) is 0 Å². The fraction of sp³-hybridized carbons (Fsp3) is 0.909. The molecule has 1 aliphatic heterocycles. The molecule has 0 saturated carbocycles. The van der Waals surface area contributed by atoms with Crippen LogP contribution in [0.4, 0.5) is 0 Å². The Hall–Kier alpha value is -0.610. The van der Waals surface area contributed by atoms with E-state index in [2.05, 4.69) is 30.7 Å². The minimum atomic E-state index is -0.190. The number of carbonyl (C=O) groups is 1. The molecule has 0 aromatic heterocycles. The topological polar surface area (TPSA) is 32.8 Å². The van der Waals surface area contributed by atoms with E-state index in [1.807, 2.05) is 0 Å². The van der Waals surface area contributed by atoms with Gasteiger partial charge in [0.2, 0.25) is 0 Å². The van der Waals surface area contributed by atoms with E-state index in [0.29, 0.717) is 18.7 Å². The summed E-state index contributed by atoms with van der Waals surface area (Å²) in [5, 5.41) is 0. The zero-order valence-corrected chi connectivity index (χ0v) is 10.2. The van der Waals surface area contributed by atoms with Crippen LogP contribution in [0, 0.1) is 0 Å². The van der Waals surface area contributed by atoms with E-state index < -0.39 is 0 Å². The third-order valence-electron chi connectivity index (χ3n) is 2.94. The first-order valence-corrected chi connectivity index (χ1v) is 5.58. The highest BCUT2D eigenvalue weighted by molar-refractivity contribution is 5.65. The van der Waals surface area contributed by atoms with Crippen LogP contribution in [-0.4, -0.2) is 61.1 Å².